The molecule has 1 aliphatic rings. The molecular formula is C15H17N3O2. The molecule has 1 aromatic heterocycles. The van der Waals surface area contributed by atoms with Gasteiger partial charge in [0.25, 0.3) is 0 Å². The molecule has 1 N–H and O–H groups in total. The van der Waals surface area contributed by atoms with Gasteiger partial charge in [-0.3, -0.25) is 0 Å². The first-order chi connectivity index (χ1) is 9.80. The fourth-order valence-corrected chi connectivity index (χ4v) is 2.42. The molecule has 1 aliphatic carbocycles. The van der Waals surface area contributed by atoms with E-state index in [0.717, 1.165) is 23.4 Å². The number of ether oxygens (including phenoxy) is 1. The van der Waals surface area contributed by atoms with Crippen molar-refractivity contribution in [1.82, 2.24) is 15.0 Å². The van der Waals surface area contributed by atoms with E-state index >= 15 is 0 Å². The van der Waals surface area contributed by atoms with E-state index in [1.165, 1.54) is 0 Å². The summed E-state index contributed by atoms with van der Waals surface area (Å²) in [6.45, 7) is 0.188. The number of benzene rings is 1. The molecule has 1 aromatic carbocycles. The number of nitrogens with zero attached hydrogens (tertiary/aromatic N) is 3. The molecule has 0 unspecified atom stereocenters. The lowest BCUT2D eigenvalue weighted by Crippen LogP contribution is -2.08. The van der Waals surface area contributed by atoms with Crippen LogP contribution in [0.2, 0.25) is 0 Å². The molecule has 5 heteroatoms. The van der Waals surface area contributed by atoms with Crippen molar-refractivity contribution in [3.63, 3.8) is 0 Å². The number of rotatable bonds is 4. The van der Waals surface area contributed by atoms with Crippen LogP contribution in [0.1, 0.15) is 12.5 Å². The van der Waals surface area contributed by atoms with Gasteiger partial charge in [-0.2, -0.15) is 0 Å². The first kappa shape index (κ1) is 12.9. The van der Waals surface area contributed by atoms with E-state index in [-0.39, 0.29) is 18.6 Å². The molecule has 0 bridgehead atoms. The van der Waals surface area contributed by atoms with E-state index in [9.17, 15) is 0 Å². The second-order valence-electron chi connectivity index (χ2n) is 4.94. The standard InChI is InChI=1S/C15H17N3O2/c1-20-14-6-3-12(4-7-14)15-9-18(17-16-15)13-5-2-11(8-13)10-19/h2-7,9,11,13,19H,8,10H2,1H3/t11-,13+/m1/s1. The lowest BCUT2D eigenvalue weighted by atomic mass is 10.1. The van der Waals surface area contributed by atoms with Crippen LogP contribution in [0.15, 0.2) is 42.6 Å². The van der Waals surface area contributed by atoms with Gasteiger partial charge in [0.1, 0.15) is 11.4 Å². The summed E-state index contributed by atoms with van der Waals surface area (Å²) in [7, 11) is 1.65. The molecule has 1 heterocycles. The summed E-state index contributed by atoms with van der Waals surface area (Å²) in [5, 5.41) is 17.6. The topological polar surface area (TPSA) is 60.2 Å². The molecule has 20 heavy (non-hydrogen) atoms. The first-order valence-corrected chi connectivity index (χ1v) is 6.65. The summed E-state index contributed by atoms with van der Waals surface area (Å²) >= 11 is 0. The van der Waals surface area contributed by atoms with Crippen molar-refractivity contribution in [3.8, 4) is 17.0 Å². The molecule has 0 amide bonds. The van der Waals surface area contributed by atoms with E-state index in [4.69, 9.17) is 9.84 Å². The van der Waals surface area contributed by atoms with E-state index in [0.29, 0.717) is 0 Å². The molecular weight excluding hydrogens is 254 g/mol. The largest absolute Gasteiger partial charge is 0.497 e. The van der Waals surface area contributed by atoms with Gasteiger partial charge < -0.3 is 9.84 Å². The summed E-state index contributed by atoms with van der Waals surface area (Å²) in [4.78, 5) is 0. The molecule has 0 aliphatic heterocycles. The van der Waals surface area contributed by atoms with Gasteiger partial charge >= 0.3 is 0 Å². The Labute approximate surface area is 117 Å². The van der Waals surface area contributed by atoms with Crippen molar-refractivity contribution in [2.45, 2.75) is 12.5 Å². The van der Waals surface area contributed by atoms with Crippen molar-refractivity contribution >= 4 is 0 Å². The summed E-state index contributed by atoms with van der Waals surface area (Å²) in [6.07, 6.45) is 6.94. The second-order valence-corrected chi connectivity index (χ2v) is 4.94. The summed E-state index contributed by atoms with van der Waals surface area (Å²) in [6, 6.07) is 7.94. The normalized spacial score (nSPS) is 21.3. The van der Waals surface area contributed by atoms with Gasteiger partial charge in [0.2, 0.25) is 0 Å². The lowest BCUT2D eigenvalue weighted by molar-refractivity contribution is 0.242. The molecule has 2 aromatic rings. The Morgan fingerprint density at radius 1 is 1.30 bits per heavy atom. The zero-order chi connectivity index (χ0) is 13.9. The molecule has 0 radical (unpaired) electrons. The molecule has 5 nitrogen and oxygen atoms in total. The highest BCUT2D eigenvalue weighted by Gasteiger charge is 2.20. The average Bonchev–Trinajstić information content (AvgIpc) is 3.16. The van der Waals surface area contributed by atoms with Crippen molar-refractivity contribution in [1.29, 1.82) is 0 Å². The molecule has 0 saturated heterocycles. The molecule has 0 spiro atoms. The summed E-state index contributed by atoms with van der Waals surface area (Å²) < 4.78 is 6.99. The van der Waals surface area contributed by atoms with Crippen LogP contribution < -0.4 is 4.74 Å². The van der Waals surface area contributed by atoms with Gasteiger partial charge in [0, 0.05) is 18.1 Å². The van der Waals surface area contributed by atoms with Crippen LogP contribution in [0.4, 0.5) is 0 Å². The van der Waals surface area contributed by atoms with Gasteiger partial charge in [-0.1, -0.05) is 17.4 Å². The van der Waals surface area contributed by atoms with Crippen LogP contribution in [0, 0.1) is 5.92 Å². The minimum atomic E-state index is 0.187. The highest BCUT2D eigenvalue weighted by atomic mass is 16.5. The SMILES string of the molecule is COc1ccc(-c2cn([C@H]3C=C[C@@H](CO)C3)nn2)cc1. The maximum Gasteiger partial charge on any atom is 0.118 e. The molecule has 0 fully saturated rings. The maximum atomic E-state index is 9.15. The van der Waals surface area contributed by atoms with E-state index < -0.39 is 0 Å². The predicted octanol–water partition coefficient (Wildman–Crippen LogP) is 2.06. The quantitative estimate of drug-likeness (QED) is 0.865. The van der Waals surface area contributed by atoms with Gasteiger partial charge in [-0.25, -0.2) is 4.68 Å². The van der Waals surface area contributed by atoms with Crippen LogP contribution >= 0.6 is 0 Å². The molecule has 0 saturated carbocycles. The minimum Gasteiger partial charge on any atom is -0.497 e. The number of hydrogen-bond acceptors (Lipinski definition) is 4. The van der Waals surface area contributed by atoms with Crippen molar-refractivity contribution < 1.29 is 9.84 Å². The maximum absolute atomic E-state index is 9.15. The van der Waals surface area contributed by atoms with Gasteiger partial charge in [0.15, 0.2) is 0 Å². The van der Waals surface area contributed by atoms with Crippen molar-refractivity contribution in [2.24, 2.45) is 5.92 Å². The predicted molar refractivity (Wildman–Crippen MR) is 75.4 cm³/mol. The van der Waals surface area contributed by atoms with Crippen LogP contribution in [0.3, 0.4) is 0 Å². The van der Waals surface area contributed by atoms with E-state index in [2.05, 4.69) is 16.4 Å². The molecule has 3 rings (SSSR count). The van der Waals surface area contributed by atoms with Crippen LogP contribution in [-0.2, 0) is 0 Å². The lowest BCUT2D eigenvalue weighted by Gasteiger charge is -2.09. The van der Waals surface area contributed by atoms with E-state index in [1.807, 2.05) is 41.2 Å². The third-order valence-corrected chi connectivity index (χ3v) is 3.62. The highest BCUT2D eigenvalue weighted by molar-refractivity contribution is 5.58. The Hall–Kier alpha value is -2.14. The Kier molecular flexibility index (Phi) is 3.52. The van der Waals surface area contributed by atoms with Crippen molar-refractivity contribution in [3.05, 3.63) is 42.6 Å². The molecule has 104 valence electrons. The Morgan fingerprint density at radius 2 is 2.10 bits per heavy atom. The van der Waals surface area contributed by atoms with Crippen LogP contribution in [0.5, 0.6) is 5.75 Å². The molecule has 2 atom stereocenters. The van der Waals surface area contributed by atoms with Crippen LogP contribution in [-0.4, -0.2) is 33.8 Å². The zero-order valence-electron chi connectivity index (χ0n) is 11.3. The van der Waals surface area contributed by atoms with Crippen molar-refractivity contribution in [2.75, 3.05) is 13.7 Å². The number of methoxy groups -OCH3 is 1. The Morgan fingerprint density at radius 3 is 2.75 bits per heavy atom. The first-order valence-electron chi connectivity index (χ1n) is 6.65. The number of hydrogen-bond donors (Lipinski definition) is 1. The highest BCUT2D eigenvalue weighted by Crippen LogP contribution is 2.28. The van der Waals surface area contributed by atoms with Gasteiger partial charge in [-0.05, 0) is 30.7 Å². The number of aromatic nitrogens is 3. The third kappa shape index (κ3) is 2.44. The van der Waals surface area contributed by atoms with Gasteiger partial charge in [0.05, 0.1) is 19.3 Å². The zero-order valence-corrected chi connectivity index (χ0v) is 11.3. The van der Waals surface area contributed by atoms with Gasteiger partial charge in [-0.15, -0.1) is 5.10 Å². The van der Waals surface area contributed by atoms with Crippen LogP contribution in [0.25, 0.3) is 11.3 Å². The Balaban J connectivity index is 1.78. The Bertz CT molecular complexity index is 604. The second kappa shape index (κ2) is 5.46. The average molecular weight is 271 g/mol. The van der Waals surface area contributed by atoms with E-state index in [1.54, 1.807) is 7.11 Å². The number of aliphatic hydroxyl groups is 1. The smallest absolute Gasteiger partial charge is 0.118 e. The number of aliphatic hydroxyl groups excluding tert-OH is 1. The number of allylic oxidation sites excluding steroid dienone is 1. The fourth-order valence-electron chi connectivity index (χ4n) is 2.42. The summed E-state index contributed by atoms with van der Waals surface area (Å²) in [5.41, 5.74) is 1.85. The minimum absolute atomic E-state index is 0.187. The monoisotopic (exact) mass is 271 g/mol. The third-order valence-electron chi connectivity index (χ3n) is 3.62. The summed E-state index contributed by atoms with van der Waals surface area (Å²) in [5.74, 6) is 1.05. The fraction of sp³-hybridized carbons (Fsp3) is 0.333.